The van der Waals surface area contributed by atoms with E-state index in [0.29, 0.717) is 17.6 Å². The van der Waals surface area contributed by atoms with Gasteiger partial charge in [-0.1, -0.05) is 6.07 Å². The molecule has 178 valence electrons. The van der Waals surface area contributed by atoms with Crippen molar-refractivity contribution >= 4 is 39.1 Å². The molecule has 0 aliphatic carbocycles. The molecule has 1 aliphatic heterocycles. The molecule has 35 heavy (non-hydrogen) atoms. The number of H-pyrrole nitrogens is 1. The van der Waals surface area contributed by atoms with Crippen molar-refractivity contribution in [3.63, 3.8) is 0 Å². The summed E-state index contributed by atoms with van der Waals surface area (Å²) in [7, 11) is 3.70. The Morgan fingerprint density at radius 1 is 1.20 bits per heavy atom. The molecule has 5 aromatic rings. The van der Waals surface area contributed by atoms with E-state index in [1.807, 2.05) is 12.1 Å². The number of para-hydroxylation sites is 1. The predicted molar refractivity (Wildman–Crippen MR) is 137 cm³/mol. The molecule has 1 aliphatic rings. The Balaban J connectivity index is 1.44. The quantitative estimate of drug-likeness (QED) is 0.359. The minimum atomic E-state index is 0.438. The van der Waals surface area contributed by atoms with E-state index in [4.69, 9.17) is 9.72 Å². The van der Waals surface area contributed by atoms with Crippen molar-refractivity contribution in [2.75, 3.05) is 37.0 Å². The number of nitrogens with zero attached hydrogens (tertiary/aromatic N) is 6. The number of rotatable bonds is 5. The molecule has 3 N–H and O–H groups in total. The van der Waals surface area contributed by atoms with Crippen molar-refractivity contribution in [1.82, 2.24) is 35.0 Å². The van der Waals surface area contributed by atoms with Gasteiger partial charge in [0, 0.05) is 50.4 Å². The molecule has 0 spiro atoms. The normalized spacial score (nSPS) is 16.2. The van der Waals surface area contributed by atoms with Crippen LogP contribution in [0, 0.1) is 0 Å². The Morgan fingerprint density at radius 2 is 2.11 bits per heavy atom. The van der Waals surface area contributed by atoms with E-state index in [1.54, 1.807) is 19.5 Å². The molecular weight excluding hydrogens is 442 g/mol. The highest BCUT2D eigenvalue weighted by molar-refractivity contribution is 5.93. The minimum absolute atomic E-state index is 0.438. The molecule has 10 heteroatoms. The van der Waals surface area contributed by atoms with E-state index < -0.39 is 0 Å². The van der Waals surface area contributed by atoms with Gasteiger partial charge < -0.3 is 24.8 Å². The summed E-state index contributed by atoms with van der Waals surface area (Å²) in [5, 5.41) is 15.0. The molecule has 0 unspecified atom stereocenters. The number of anilines is 3. The molecule has 3 aromatic heterocycles. The van der Waals surface area contributed by atoms with E-state index in [9.17, 15) is 0 Å². The van der Waals surface area contributed by atoms with Crippen LogP contribution in [-0.4, -0.2) is 62.5 Å². The van der Waals surface area contributed by atoms with E-state index >= 15 is 0 Å². The summed E-state index contributed by atoms with van der Waals surface area (Å²) in [5.74, 6) is 2.13. The van der Waals surface area contributed by atoms with Gasteiger partial charge in [-0.05, 0) is 25.1 Å². The summed E-state index contributed by atoms with van der Waals surface area (Å²) < 4.78 is 7.76. The SMILES string of the molecule is COc1cc2[nH]ncc2cc1Nc1ncncc1-c1nc2cccc(N3CCN[C@@H](C)C3)c2n1C. The molecule has 1 atom stereocenters. The fourth-order valence-electron chi connectivity index (χ4n) is 4.85. The number of nitrogens with one attached hydrogen (secondary N) is 3. The van der Waals surface area contributed by atoms with Crippen LogP contribution in [0.1, 0.15) is 6.92 Å². The summed E-state index contributed by atoms with van der Waals surface area (Å²) in [4.78, 5) is 16.3. The van der Waals surface area contributed by atoms with Gasteiger partial charge in [0.25, 0.3) is 0 Å². The molecule has 0 saturated carbocycles. The first-order valence-electron chi connectivity index (χ1n) is 11.6. The number of hydrogen-bond acceptors (Lipinski definition) is 8. The number of methoxy groups -OCH3 is 1. The topological polar surface area (TPSA) is 109 Å². The number of benzene rings is 2. The Bertz CT molecular complexity index is 1520. The number of aromatic amines is 1. The lowest BCUT2D eigenvalue weighted by Gasteiger charge is -2.34. The van der Waals surface area contributed by atoms with Crippen LogP contribution in [0.3, 0.4) is 0 Å². The third-order valence-corrected chi connectivity index (χ3v) is 6.55. The molecule has 0 radical (unpaired) electrons. The summed E-state index contributed by atoms with van der Waals surface area (Å²) in [6.07, 6.45) is 5.11. The van der Waals surface area contributed by atoms with E-state index in [0.717, 1.165) is 58.6 Å². The van der Waals surface area contributed by atoms with Gasteiger partial charge in [-0.3, -0.25) is 5.10 Å². The summed E-state index contributed by atoms with van der Waals surface area (Å²) in [6.45, 7) is 5.10. The average molecular weight is 470 g/mol. The summed E-state index contributed by atoms with van der Waals surface area (Å²) in [6, 6.07) is 10.7. The van der Waals surface area contributed by atoms with Crippen LogP contribution >= 0.6 is 0 Å². The van der Waals surface area contributed by atoms with Crippen LogP contribution in [0.15, 0.2) is 49.1 Å². The van der Waals surface area contributed by atoms with Crippen LogP contribution in [0.25, 0.3) is 33.3 Å². The fourth-order valence-corrected chi connectivity index (χ4v) is 4.85. The Kier molecular flexibility index (Phi) is 5.22. The number of imidazole rings is 1. The third kappa shape index (κ3) is 3.71. The van der Waals surface area contributed by atoms with Crippen LogP contribution in [-0.2, 0) is 7.05 Å². The largest absolute Gasteiger partial charge is 0.494 e. The molecule has 0 amide bonds. The number of aromatic nitrogens is 6. The zero-order valence-electron chi connectivity index (χ0n) is 19.9. The van der Waals surface area contributed by atoms with Crippen LogP contribution in [0.2, 0.25) is 0 Å². The first-order chi connectivity index (χ1) is 17.1. The van der Waals surface area contributed by atoms with Crippen LogP contribution < -0.4 is 20.3 Å². The predicted octanol–water partition coefficient (Wildman–Crippen LogP) is 3.46. The minimum Gasteiger partial charge on any atom is -0.494 e. The van der Waals surface area contributed by atoms with Crippen LogP contribution in [0.5, 0.6) is 5.75 Å². The lowest BCUT2D eigenvalue weighted by atomic mass is 10.2. The highest BCUT2D eigenvalue weighted by atomic mass is 16.5. The van der Waals surface area contributed by atoms with Crippen molar-refractivity contribution in [3.8, 4) is 17.1 Å². The van der Waals surface area contributed by atoms with Crippen molar-refractivity contribution in [2.24, 2.45) is 7.05 Å². The fraction of sp³-hybridized carbons (Fsp3) is 0.280. The summed E-state index contributed by atoms with van der Waals surface area (Å²) >= 11 is 0. The van der Waals surface area contributed by atoms with Gasteiger partial charge in [0.05, 0.1) is 46.8 Å². The summed E-state index contributed by atoms with van der Waals surface area (Å²) in [5.41, 5.74) is 5.73. The second-order valence-corrected chi connectivity index (χ2v) is 8.86. The van der Waals surface area contributed by atoms with Crippen molar-refractivity contribution in [1.29, 1.82) is 0 Å². The van der Waals surface area contributed by atoms with Crippen molar-refractivity contribution in [2.45, 2.75) is 13.0 Å². The molecule has 2 aromatic carbocycles. The second-order valence-electron chi connectivity index (χ2n) is 8.86. The maximum Gasteiger partial charge on any atom is 0.146 e. The number of fused-ring (bicyclic) bond motifs is 2. The average Bonchev–Trinajstić information content (AvgIpc) is 3.47. The number of hydrogen-bond donors (Lipinski definition) is 3. The molecule has 1 saturated heterocycles. The standard InChI is InChI=1S/C25H27N9O/c1-15-13-34(8-7-27-15)21-6-4-5-18-23(21)33(2)25(31-18)17-12-26-14-28-24(17)30-20-9-16-11-29-32-19(16)10-22(20)35-3/h4-6,9-12,14-15,27H,7-8,13H2,1-3H3,(H,29,32)(H,26,28,30)/t15-/m0/s1. The van der Waals surface area contributed by atoms with Gasteiger partial charge in [0.2, 0.25) is 0 Å². The molecule has 1 fully saturated rings. The van der Waals surface area contributed by atoms with Gasteiger partial charge in [-0.25, -0.2) is 15.0 Å². The molecule has 10 nitrogen and oxygen atoms in total. The molecular formula is C25H27N9O. The lowest BCUT2D eigenvalue weighted by molar-refractivity contribution is 0.417. The highest BCUT2D eigenvalue weighted by Crippen LogP contribution is 2.36. The van der Waals surface area contributed by atoms with Crippen molar-refractivity contribution < 1.29 is 4.74 Å². The van der Waals surface area contributed by atoms with Crippen molar-refractivity contribution in [3.05, 3.63) is 49.1 Å². The zero-order valence-corrected chi connectivity index (χ0v) is 19.9. The van der Waals surface area contributed by atoms with Gasteiger partial charge in [-0.2, -0.15) is 5.10 Å². The highest BCUT2D eigenvalue weighted by Gasteiger charge is 2.22. The van der Waals surface area contributed by atoms with Gasteiger partial charge in [0.15, 0.2) is 0 Å². The van der Waals surface area contributed by atoms with Gasteiger partial charge >= 0.3 is 0 Å². The molecule has 0 bridgehead atoms. The van der Waals surface area contributed by atoms with E-state index in [-0.39, 0.29) is 0 Å². The van der Waals surface area contributed by atoms with Crippen LogP contribution in [0.4, 0.5) is 17.2 Å². The molecule has 6 rings (SSSR count). The maximum atomic E-state index is 5.62. The Hall–Kier alpha value is -4.18. The number of piperazine rings is 1. The molecule has 4 heterocycles. The number of ether oxygens (including phenoxy) is 1. The first kappa shape index (κ1) is 21.4. The third-order valence-electron chi connectivity index (χ3n) is 6.55. The Morgan fingerprint density at radius 3 is 2.97 bits per heavy atom. The second kappa shape index (κ2) is 8.55. The first-order valence-corrected chi connectivity index (χ1v) is 11.6. The van der Waals surface area contributed by atoms with E-state index in [2.05, 4.69) is 72.4 Å². The zero-order chi connectivity index (χ0) is 23.9. The lowest BCUT2D eigenvalue weighted by Crippen LogP contribution is -2.49. The van der Waals surface area contributed by atoms with Gasteiger partial charge in [0.1, 0.15) is 23.7 Å². The van der Waals surface area contributed by atoms with E-state index in [1.165, 1.54) is 12.0 Å². The Labute approximate surface area is 202 Å². The number of aryl methyl sites for hydroxylation is 1. The maximum absolute atomic E-state index is 5.62. The smallest absolute Gasteiger partial charge is 0.146 e. The monoisotopic (exact) mass is 469 g/mol. The van der Waals surface area contributed by atoms with Gasteiger partial charge in [-0.15, -0.1) is 0 Å².